The first kappa shape index (κ1) is 25.1. The molecule has 1 aromatic carbocycles. The molecule has 0 N–H and O–H groups in total. The van der Waals surface area contributed by atoms with Crippen molar-refractivity contribution in [3.63, 3.8) is 0 Å². The van der Waals surface area contributed by atoms with Crippen LogP contribution in [-0.2, 0) is 10.2 Å². The largest absolute Gasteiger partial charge is 0.312 e. The third-order valence-corrected chi connectivity index (χ3v) is 4.78. The number of amides is 1. The van der Waals surface area contributed by atoms with Gasteiger partial charge in [0.05, 0.1) is 0 Å². The third-order valence-electron chi connectivity index (χ3n) is 4.78. The van der Waals surface area contributed by atoms with Crippen molar-refractivity contribution in [3.05, 3.63) is 41.6 Å². The molecule has 1 heterocycles. The van der Waals surface area contributed by atoms with Crippen LogP contribution in [0.1, 0.15) is 93.6 Å². The van der Waals surface area contributed by atoms with Gasteiger partial charge < -0.3 is 4.90 Å². The summed E-state index contributed by atoms with van der Waals surface area (Å²) < 4.78 is 0. The number of nitrogens with zero attached hydrogens (tertiary/aromatic N) is 2. The predicted octanol–water partition coefficient (Wildman–Crippen LogP) is 7.31. The van der Waals surface area contributed by atoms with Gasteiger partial charge in [-0.3, -0.25) is 9.79 Å². The lowest BCUT2D eigenvalue weighted by atomic mass is 9.87. The second-order valence-corrected chi connectivity index (χ2v) is 10.4. The summed E-state index contributed by atoms with van der Waals surface area (Å²) in [6, 6.07) is 8.42. The van der Waals surface area contributed by atoms with Crippen LogP contribution in [0.5, 0.6) is 0 Å². The van der Waals surface area contributed by atoms with Crippen LogP contribution in [0.15, 0.2) is 41.0 Å². The molecule has 1 amide bonds. The maximum Gasteiger partial charge on any atom is 0.226 e. The Balaban J connectivity index is 0.000000311. The number of hydrogen-bond acceptors (Lipinski definition) is 2. The maximum atomic E-state index is 11.8. The first-order valence-electron chi connectivity index (χ1n) is 10.9. The van der Waals surface area contributed by atoms with Crippen molar-refractivity contribution in [3.8, 4) is 0 Å². The summed E-state index contributed by atoms with van der Waals surface area (Å²) in [5, 5.41) is 0. The Morgan fingerprint density at radius 3 is 2.03 bits per heavy atom. The molecule has 2 rings (SSSR count). The highest BCUT2D eigenvalue weighted by Gasteiger charge is 2.20. The molecule has 1 aliphatic heterocycles. The summed E-state index contributed by atoms with van der Waals surface area (Å²) in [6.45, 7) is 20.3. The molecule has 3 nitrogen and oxygen atoms in total. The van der Waals surface area contributed by atoms with E-state index in [1.54, 1.807) is 0 Å². The fourth-order valence-corrected chi connectivity index (χ4v) is 3.26. The Labute approximate surface area is 179 Å². The van der Waals surface area contributed by atoms with E-state index in [-0.39, 0.29) is 11.3 Å². The van der Waals surface area contributed by atoms with E-state index in [0.29, 0.717) is 11.8 Å². The van der Waals surface area contributed by atoms with Gasteiger partial charge in [0, 0.05) is 30.1 Å². The van der Waals surface area contributed by atoms with Gasteiger partial charge in [0.2, 0.25) is 5.91 Å². The van der Waals surface area contributed by atoms with Crippen molar-refractivity contribution in [2.24, 2.45) is 10.4 Å². The SMILES string of the molecule is C/C=C(/CC(C)(C)C)N=C(C)C.CC(C)(C)c1ccc(N2CCCCC2=O)cc1. The van der Waals surface area contributed by atoms with Crippen molar-refractivity contribution in [2.75, 3.05) is 11.4 Å². The van der Waals surface area contributed by atoms with Crippen molar-refractivity contribution >= 4 is 17.3 Å². The van der Waals surface area contributed by atoms with Crippen molar-refractivity contribution < 1.29 is 4.79 Å². The lowest BCUT2D eigenvalue weighted by molar-refractivity contribution is -0.119. The van der Waals surface area contributed by atoms with Gasteiger partial charge in [-0.25, -0.2) is 0 Å². The van der Waals surface area contributed by atoms with E-state index in [0.717, 1.165) is 37.2 Å². The van der Waals surface area contributed by atoms with Gasteiger partial charge in [-0.2, -0.15) is 0 Å². The highest BCUT2D eigenvalue weighted by molar-refractivity contribution is 5.93. The molecule has 0 radical (unpaired) electrons. The van der Waals surface area contributed by atoms with Crippen LogP contribution in [0.4, 0.5) is 5.69 Å². The number of hydrogen-bond donors (Lipinski definition) is 0. The number of allylic oxidation sites excluding steroid dienone is 2. The van der Waals surface area contributed by atoms with Gasteiger partial charge in [0.25, 0.3) is 0 Å². The van der Waals surface area contributed by atoms with Gasteiger partial charge in [-0.15, -0.1) is 0 Å². The number of aliphatic imine (C=N–C) groups is 1. The van der Waals surface area contributed by atoms with Crippen LogP contribution in [0.2, 0.25) is 0 Å². The van der Waals surface area contributed by atoms with E-state index < -0.39 is 0 Å². The second-order valence-electron chi connectivity index (χ2n) is 10.4. The highest BCUT2D eigenvalue weighted by atomic mass is 16.2. The summed E-state index contributed by atoms with van der Waals surface area (Å²) in [5.74, 6) is 0.264. The maximum absolute atomic E-state index is 11.8. The molecule has 0 aromatic heterocycles. The van der Waals surface area contributed by atoms with Crippen molar-refractivity contribution in [2.45, 2.75) is 93.4 Å². The minimum absolute atomic E-state index is 0.171. The summed E-state index contributed by atoms with van der Waals surface area (Å²) in [4.78, 5) is 18.2. The molecule has 0 atom stereocenters. The number of carbonyl (C=O) groups is 1. The Kier molecular flexibility index (Phi) is 9.32. The lowest BCUT2D eigenvalue weighted by Crippen LogP contribution is -2.35. The molecule has 0 spiro atoms. The topological polar surface area (TPSA) is 32.7 Å². The molecular formula is C26H42N2O. The molecule has 1 aromatic rings. The van der Waals surface area contributed by atoms with Gasteiger partial charge in [-0.05, 0) is 68.6 Å². The molecule has 1 saturated heterocycles. The normalized spacial score (nSPS) is 15.6. The Morgan fingerprint density at radius 1 is 1.03 bits per heavy atom. The van der Waals surface area contributed by atoms with Crippen LogP contribution in [0, 0.1) is 5.41 Å². The van der Waals surface area contributed by atoms with E-state index in [2.05, 4.69) is 76.9 Å². The first-order chi connectivity index (χ1) is 13.3. The molecule has 1 aliphatic rings. The minimum atomic E-state index is 0.171. The summed E-state index contributed by atoms with van der Waals surface area (Å²) in [7, 11) is 0. The van der Waals surface area contributed by atoms with Crippen LogP contribution in [-0.4, -0.2) is 18.2 Å². The second kappa shape index (κ2) is 10.8. The number of anilines is 1. The van der Waals surface area contributed by atoms with Crippen LogP contribution >= 0.6 is 0 Å². The van der Waals surface area contributed by atoms with Crippen LogP contribution in [0.3, 0.4) is 0 Å². The highest BCUT2D eigenvalue weighted by Crippen LogP contribution is 2.27. The molecule has 29 heavy (non-hydrogen) atoms. The summed E-state index contributed by atoms with van der Waals surface area (Å²) >= 11 is 0. The standard InChI is InChI=1S/C15H21NO.C11H21N/c1-15(2,3)12-7-9-13(10-8-12)16-11-5-4-6-14(16)17;1-7-10(12-9(2)3)8-11(4,5)6/h7-10H,4-6,11H2,1-3H3;7H,8H2,1-6H3/b;10-7-. The molecular weight excluding hydrogens is 356 g/mol. The Hall–Kier alpha value is -1.90. The van der Waals surface area contributed by atoms with Gasteiger partial charge in [-0.1, -0.05) is 59.8 Å². The molecule has 162 valence electrons. The fraction of sp³-hybridized carbons (Fsp3) is 0.615. The first-order valence-corrected chi connectivity index (χ1v) is 10.9. The number of piperidine rings is 1. The van der Waals surface area contributed by atoms with E-state index >= 15 is 0 Å². The van der Waals surface area contributed by atoms with Crippen LogP contribution < -0.4 is 4.90 Å². The molecule has 0 unspecified atom stereocenters. The van der Waals surface area contributed by atoms with Crippen LogP contribution in [0.25, 0.3) is 0 Å². The molecule has 1 fully saturated rings. The van der Waals surface area contributed by atoms with E-state index in [4.69, 9.17) is 0 Å². The van der Waals surface area contributed by atoms with Crippen molar-refractivity contribution in [1.29, 1.82) is 0 Å². The zero-order chi connectivity index (χ0) is 22.2. The number of rotatable bonds is 3. The zero-order valence-corrected chi connectivity index (χ0v) is 20.2. The predicted molar refractivity (Wildman–Crippen MR) is 128 cm³/mol. The third kappa shape index (κ3) is 9.43. The number of benzene rings is 1. The summed E-state index contributed by atoms with van der Waals surface area (Å²) in [6.07, 6.45) is 6.00. The zero-order valence-electron chi connectivity index (χ0n) is 20.2. The molecule has 0 bridgehead atoms. The van der Waals surface area contributed by atoms with E-state index in [9.17, 15) is 4.79 Å². The number of carbonyl (C=O) groups excluding carboxylic acids is 1. The molecule has 0 aliphatic carbocycles. The fourth-order valence-electron chi connectivity index (χ4n) is 3.26. The van der Waals surface area contributed by atoms with E-state index in [1.165, 1.54) is 11.3 Å². The lowest BCUT2D eigenvalue weighted by Gasteiger charge is -2.27. The quantitative estimate of drug-likeness (QED) is 0.491. The minimum Gasteiger partial charge on any atom is -0.312 e. The monoisotopic (exact) mass is 398 g/mol. The summed E-state index contributed by atoms with van der Waals surface area (Å²) in [5.41, 5.74) is 5.19. The van der Waals surface area contributed by atoms with E-state index in [1.807, 2.05) is 25.7 Å². The van der Waals surface area contributed by atoms with Gasteiger partial charge in [0.1, 0.15) is 0 Å². The molecule has 3 heteroatoms. The smallest absolute Gasteiger partial charge is 0.226 e. The average Bonchev–Trinajstić information content (AvgIpc) is 2.60. The molecule has 0 saturated carbocycles. The van der Waals surface area contributed by atoms with Crippen molar-refractivity contribution in [1.82, 2.24) is 0 Å². The van der Waals surface area contributed by atoms with Gasteiger partial charge >= 0.3 is 0 Å². The average molecular weight is 399 g/mol. The Bertz CT molecular complexity index is 709. The Morgan fingerprint density at radius 2 is 1.62 bits per heavy atom. The van der Waals surface area contributed by atoms with Gasteiger partial charge in [0.15, 0.2) is 0 Å².